The van der Waals surface area contributed by atoms with Gasteiger partial charge in [0.25, 0.3) is 0 Å². The second-order valence-electron chi connectivity index (χ2n) is 6.32. The molecule has 0 atom stereocenters. The van der Waals surface area contributed by atoms with Gasteiger partial charge < -0.3 is 0 Å². The Bertz CT molecular complexity index is 1050. The minimum atomic E-state index is 0.541. The summed E-state index contributed by atoms with van der Waals surface area (Å²) < 4.78 is 0. The molecule has 5 rings (SSSR count). The van der Waals surface area contributed by atoms with Crippen LogP contribution in [-0.4, -0.2) is 0 Å². The van der Waals surface area contributed by atoms with E-state index in [1.807, 2.05) is 12.1 Å². The van der Waals surface area contributed by atoms with Gasteiger partial charge >= 0.3 is 0 Å². The maximum absolute atomic E-state index is 11.1. The summed E-state index contributed by atoms with van der Waals surface area (Å²) in [4.78, 5) is 11.1. The van der Waals surface area contributed by atoms with E-state index in [2.05, 4.69) is 35.5 Å². The van der Waals surface area contributed by atoms with Crippen LogP contribution in [0.4, 0.5) is 5.69 Å². The molecule has 0 amide bonds. The third kappa shape index (κ3) is 1.45. The molecule has 0 N–H and O–H groups in total. The van der Waals surface area contributed by atoms with Gasteiger partial charge in [-0.15, -0.1) is 4.91 Å². The third-order valence-corrected chi connectivity index (χ3v) is 5.19. The van der Waals surface area contributed by atoms with Crippen LogP contribution < -0.4 is 0 Å². The van der Waals surface area contributed by atoms with Crippen molar-refractivity contribution in [2.45, 2.75) is 25.7 Å². The highest BCUT2D eigenvalue weighted by molar-refractivity contribution is 6.25. The van der Waals surface area contributed by atoms with E-state index < -0.39 is 0 Å². The number of nitrogens with zero attached hydrogens (tertiary/aromatic N) is 1. The predicted octanol–water partition coefficient (Wildman–Crippen LogP) is 5.86. The van der Waals surface area contributed by atoms with Crippen LogP contribution >= 0.6 is 0 Å². The zero-order valence-electron chi connectivity index (χ0n) is 12.2. The molecular weight excluding hydrogens is 270 g/mol. The van der Waals surface area contributed by atoms with Crippen molar-refractivity contribution >= 4 is 38.0 Å². The molecule has 4 aromatic rings. The molecule has 2 heteroatoms. The van der Waals surface area contributed by atoms with E-state index in [-0.39, 0.29) is 0 Å². The number of aryl methyl sites for hydroxylation is 2. The number of fused-ring (bicyclic) bond motifs is 2. The minimum absolute atomic E-state index is 0.541. The maximum atomic E-state index is 11.1. The van der Waals surface area contributed by atoms with Crippen molar-refractivity contribution in [3.05, 3.63) is 58.5 Å². The highest BCUT2D eigenvalue weighted by Gasteiger charge is 2.17. The van der Waals surface area contributed by atoms with Gasteiger partial charge in [0.05, 0.1) is 0 Å². The number of hydrogen-bond acceptors (Lipinski definition) is 2. The van der Waals surface area contributed by atoms with Gasteiger partial charge in [0.2, 0.25) is 0 Å². The molecule has 2 nitrogen and oxygen atoms in total. The molecule has 4 aromatic carbocycles. The SMILES string of the molecule is O=Nc1ccc2ccc3c4c(cc5ccc1c2c53)CCCC4. The lowest BCUT2D eigenvalue weighted by Gasteiger charge is -2.21. The number of benzene rings is 4. The molecule has 106 valence electrons. The summed E-state index contributed by atoms with van der Waals surface area (Å²) in [5, 5.41) is 10.5. The average Bonchev–Trinajstić information content (AvgIpc) is 2.58. The first-order valence-electron chi connectivity index (χ1n) is 7.92. The highest BCUT2D eigenvalue weighted by Crippen LogP contribution is 2.41. The van der Waals surface area contributed by atoms with E-state index in [9.17, 15) is 4.91 Å². The first-order valence-corrected chi connectivity index (χ1v) is 7.92. The molecule has 0 aliphatic heterocycles. The van der Waals surface area contributed by atoms with Gasteiger partial charge in [-0.05, 0) is 75.0 Å². The fourth-order valence-corrected chi connectivity index (χ4v) is 4.19. The van der Waals surface area contributed by atoms with Crippen molar-refractivity contribution in [3.8, 4) is 0 Å². The predicted molar refractivity (Wildman–Crippen MR) is 92.2 cm³/mol. The van der Waals surface area contributed by atoms with E-state index in [0.29, 0.717) is 5.69 Å². The molecule has 22 heavy (non-hydrogen) atoms. The maximum Gasteiger partial charge on any atom is 0.115 e. The molecule has 0 bridgehead atoms. The van der Waals surface area contributed by atoms with Crippen molar-refractivity contribution in [2.24, 2.45) is 5.18 Å². The van der Waals surface area contributed by atoms with Gasteiger partial charge in [-0.2, -0.15) is 0 Å². The number of hydrogen-bond donors (Lipinski definition) is 0. The van der Waals surface area contributed by atoms with Crippen LogP contribution in [0.3, 0.4) is 0 Å². The highest BCUT2D eigenvalue weighted by atomic mass is 16.3. The molecule has 0 fully saturated rings. The molecule has 0 heterocycles. The largest absolute Gasteiger partial charge is 0.145 e. The van der Waals surface area contributed by atoms with Crippen LogP contribution in [-0.2, 0) is 12.8 Å². The Balaban J connectivity index is 2.07. The summed E-state index contributed by atoms with van der Waals surface area (Å²) in [6.45, 7) is 0. The average molecular weight is 285 g/mol. The van der Waals surface area contributed by atoms with Crippen molar-refractivity contribution in [3.63, 3.8) is 0 Å². The van der Waals surface area contributed by atoms with Crippen molar-refractivity contribution in [1.82, 2.24) is 0 Å². The van der Waals surface area contributed by atoms with Gasteiger partial charge in [-0.3, -0.25) is 0 Å². The van der Waals surface area contributed by atoms with Crippen LogP contribution in [0.1, 0.15) is 24.0 Å². The zero-order chi connectivity index (χ0) is 14.7. The minimum Gasteiger partial charge on any atom is -0.145 e. The van der Waals surface area contributed by atoms with Crippen molar-refractivity contribution < 1.29 is 0 Å². The summed E-state index contributed by atoms with van der Waals surface area (Å²) >= 11 is 0. The van der Waals surface area contributed by atoms with E-state index in [1.165, 1.54) is 63.7 Å². The fourth-order valence-electron chi connectivity index (χ4n) is 4.19. The molecule has 1 aliphatic carbocycles. The normalized spacial score (nSPS) is 14.7. The number of rotatable bonds is 1. The summed E-state index contributed by atoms with van der Waals surface area (Å²) in [6, 6.07) is 14.8. The lowest BCUT2D eigenvalue weighted by atomic mass is 9.83. The monoisotopic (exact) mass is 285 g/mol. The van der Waals surface area contributed by atoms with Crippen LogP contribution in [0.5, 0.6) is 0 Å². The lowest BCUT2D eigenvalue weighted by Crippen LogP contribution is -2.03. The molecule has 0 aromatic heterocycles. The topological polar surface area (TPSA) is 29.4 Å². The van der Waals surface area contributed by atoms with Gasteiger partial charge in [-0.25, -0.2) is 0 Å². The van der Waals surface area contributed by atoms with Crippen LogP contribution in [0, 0.1) is 4.91 Å². The summed E-state index contributed by atoms with van der Waals surface area (Å²) in [5.74, 6) is 0. The molecular formula is C20H15NO. The zero-order valence-corrected chi connectivity index (χ0v) is 12.2. The first kappa shape index (κ1) is 12.1. The number of nitroso groups, excluding NO2 is 1. The Morgan fingerprint density at radius 1 is 0.773 bits per heavy atom. The molecule has 0 spiro atoms. The van der Waals surface area contributed by atoms with Crippen molar-refractivity contribution in [1.29, 1.82) is 0 Å². The molecule has 0 radical (unpaired) electrons. The summed E-state index contributed by atoms with van der Waals surface area (Å²) in [7, 11) is 0. The fraction of sp³-hybridized carbons (Fsp3) is 0.200. The van der Waals surface area contributed by atoms with Crippen molar-refractivity contribution in [2.75, 3.05) is 0 Å². The first-order chi connectivity index (χ1) is 10.9. The standard InChI is InChI=1S/C20H15NO/c22-21-18-10-7-12-5-8-16-15-4-2-1-3-13(15)11-14-6-9-17(18)19(12)20(14)16/h5-11H,1-4H2. The van der Waals surface area contributed by atoms with Gasteiger partial charge in [0.15, 0.2) is 0 Å². The quantitative estimate of drug-likeness (QED) is 0.318. The Labute approximate surface area is 128 Å². The summed E-state index contributed by atoms with van der Waals surface area (Å²) in [5.41, 5.74) is 3.56. The Hall–Kier alpha value is -2.48. The van der Waals surface area contributed by atoms with Gasteiger partial charge in [0, 0.05) is 5.39 Å². The lowest BCUT2D eigenvalue weighted by molar-refractivity contribution is 0.691. The van der Waals surface area contributed by atoms with Crippen LogP contribution in [0.25, 0.3) is 32.3 Å². The van der Waals surface area contributed by atoms with Gasteiger partial charge in [-0.1, -0.05) is 36.4 Å². The van der Waals surface area contributed by atoms with Crippen LogP contribution in [0.2, 0.25) is 0 Å². The Morgan fingerprint density at radius 3 is 2.41 bits per heavy atom. The molecule has 0 saturated carbocycles. The third-order valence-electron chi connectivity index (χ3n) is 5.19. The van der Waals surface area contributed by atoms with Gasteiger partial charge in [0.1, 0.15) is 5.69 Å². The molecule has 0 unspecified atom stereocenters. The second-order valence-corrected chi connectivity index (χ2v) is 6.32. The van der Waals surface area contributed by atoms with E-state index in [4.69, 9.17) is 0 Å². The molecule has 1 aliphatic rings. The Kier molecular flexibility index (Phi) is 2.34. The van der Waals surface area contributed by atoms with Crippen LogP contribution in [0.15, 0.2) is 47.6 Å². The van der Waals surface area contributed by atoms with E-state index in [1.54, 1.807) is 0 Å². The Morgan fingerprint density at radius 2 is 1.50 bits per heavy atom. The second kappa shape index (κ2) is 4.26. The summed E-state index contributed by atoms with van der Waals surface area (Å²) in [6.07, 6.45) is 4.92. The van der Waals surface area contributed by atoms with E-state index >= 15 is 0 Å². The van der Waals surface area contributed by atoms with E-state index in [0.717, 1.165) is 5.39 Å². The smallest absolute Gasteiger partial charge is 0.115 e. The molecule has 0 saturated heterocycles.